The maximum absolute atomic E-state index is 13.4. The van der Waals surface area contributed by atoms with Crippen LogP contribution in [0.3, 0.4) is 0 Å². The Morgan fingerprint density at radius 1 is 1.13 bits per heavy atom. The van der Waals surface area contributed by atoms with Crippen LogP contribution in [0.5, 0.6) is 0 Å². The Morgan fingerprint density at radius 3 is 2.47 bits per heavy atom. The molecule has 0 aliphatic heterocycles. The van der Waals surface area contributed by atoms with E-state index in [-0.39, 0.29) is 30.1 Å². The Labute approximate surface area is 218 Å². The number of nitrogens with zero attached hydrogens (tertiary/aromatic N) is 3. The number of alkyl halides is 3. The molecule has 202 valence electrons. The molecule has 38 heavy (non-hydrogen) atoms. The number of hydrogen-bond acceptors (Lipinski definition) is 4. The molecule has 3 N–H and O–H groups in total. The number of amides is 2. The molecule has 1 saturated carbocycles. The number of aryl methyl sites for hydroxylation is 2. The van der Waals surface area contributed by atoms with Crippen LogP contribution in [0.15, 0.2) is 48.7 Å². The van der Waals surface area contributed by atoms with Crippen LogP contribution < -0.4 is 10.6 Å². The second-order valence-corrected chi connectivity index (χ2v) is 9.57. The molecule has 4 rings (SSSR count). The van der Waals surface area contributed by atoms with Gasteiger partial charge in [0.1, 0.15) is 11.7 Å². The average molecular weight is 529 g/mol. The van der Waals surface area contributed by atoms with E-state index in [0.29, 0.717) is 5.69 Å². The van der Waals surface area contributed by atoms with Crippen LogP contribution in [0.4, 0.5) is 18.9 Å². The highest BCUT2D eigenvalue weighted by Crippen LogP contribution is 2.29. The van der Waals surface area contributed by atoms with Crippen LogP contribution >= 0.6 is 0 Å². The molecule has 1 fully saturated rings. The lowest BCUT2D eigenvalue weighted by Gasteiger charge is -2.30. The first kappa shape index (κ1) is 27.2. The molecule has 1 atom stereocenters. The zero-order valence-corrected chi connectivity index (χ0v) is 21.3. The van der Waals surface area contributed by atoms with Crippen molar-refractivity contribution in [2.45, 2.75) is 64.7 Å². The molecule has 0 saturated heterocycles. The van der Waals surface area contributed by atoms with Crippen molar-refractivity contribution >= 4 is 17.5 Å². The van der Waals surface area contributed by atoms with Crippen molar-refractivity contribution in [1.82, 2.24) is 25.3 Å². The number of aromatic nitrogens is 4. The van der Waals surface area contributed by atoms with Crippen molar-refractivity contribution in [2.24, 2.45) is 5.92 Å². The zero-order chi connectivity index (χ0) is 27.3. The van der Waals surface area contributed by atoms with E-state index in [1.807, 2.05) is 26.0 Å². The largest absolute Gasteiger partial charge is 0.409 e. The Kier molecular flexibility index (Phi) is 8.33. The lowest BCUT2D eigenvalue weighted by molar-refractivity contribution is -0.119. The molecule has 1 aliphatic rings. The molecule has 0 unspecified atom stereocenters. The summed E-state index contributed by atoms with van der Waals surface area (Å²) in [6.45, 7) is 3.64. The quantitative estimate of drug-likeness (QED) is 0.344. The summed E-state index contributed by atoms with van der Waals surface area (Å²) in [4.78, 5) is 26.5. The summed E-state index contributed by atoms with van der Waals surface area (Å²) in [5.41, 5.74) is 4.49. The van der Waals surface area contributed by atoms with E-state index in [4.69, 9.17) is 0 Å². The van der Waals surface area contributed by atoms with Gasteiger partial charge in [-0.3, -0.25) is 19.4 Å². The lowest BCUT2D eigenvalue weighted by atomic mass is 9.83. The molecule has 2 heterocycles. The lowest BCUT2D eigenvalue weighted by Crippen LogP contribution is -2.49. The Hall–Kier alpha value is -3.89. The number of carbonyl (C=O) groups excluding carboxylic acids is 2. The van der Waals surface area contributed by atoms with E-state index in [2.05, 4.69) is 25.9 Å². The summed E-state index contributed by atoms with van der Waals surface area (Å²) in [6.07, 6.45) is 2.48. The minimum atomic E-state index is -4.45. The van der Waals surface area contributed by atoms with E-state index < -0.39 is 18.1 Å². The number of aromatic amines is 1. The standard InChI is InChI=1S/C27H31F3N6O2/c1-17-23(18(2)35-34-17)19-9-11-21(12-10-19)32-26(38)24(20-7-4-3-5-8-20)33-25(37)22-13-15-31-36(22)16-6-14-27(28,29)30/h6,9-15,20,24H,3-5,7-8,16H2,1-2H3,(H,32,38)(H,33,37)(H,34,35)/b14-6+/t24-/m0/s1. The normalized spacial score (nSPS) is 15.5. The monoisotopic (exact) mass is 528 g/mol. The minimum Gasteiger partial charge on any atom is -0.339 e. The fourth-order valence-corrected chi connectivity index (χ4v) is 4.95. The van der Waals surface area contributed by atoms with Gasteiger partial charge in [0, 0.05) is 29.2 Å². The Balaban J connectivity index is 1.48. The maximum Gasteiger partial charge on any atom is 0.409 e. The van der Waals surface area contributed by atoms with Crippen LogP contribution in [0, 0.1) is 19.8 Å². The van der Waals surface area contributed by atoms with Crippen molar-refractivity contribution in [3.8, 4) is 11.1 Å². The third-order valence-electron chi connectivity index (χ3n) is 6.79. The average Bonchev–Trinajstić information content (AvgIpc) is 3.48. The van der Waals surface area contributed by atoms with Gasteiger partial charge in [-0.2, -0.15) is 23.4 Å². The van der Waals surface area contributed by atoms with Gasteiger partial charge in [-0.1, -0.05) is 37.5 Å². The Bertz CT molecular complexity index is 1270. The number of nitrogens with one attached hydrogen (secondary N) is 3. The molecule has 3 aromatic rings. The summed E-state index contributed by atoms with van der Waals surface area (Å²) in [5.74, 6) is -0.948. The van der Waals surface area contributed by atoms with Gasteiger partial charge in [-0.05, 0) is 56.4 Å². The van der Waals surface area contributed by atoms with Gasteiger partial charge in [0.15, 0.2) is 0 Å². The molecule has 1 aliphatic carbocycles. The molecule has 0 bridgehead atoms. The third-order valence-corrected chi connectivity index (χ3v) is 6.79. The first-order chi connectivity index (χ1) is 18.1. The molecule has 11 heteroatoms. The summed E-state index contributed by atoms with van der Waals surface area (Å²) < 4.78 is 38.6. The molecule has 0 radical (unpaired) electrons. The zero-order valence-electron chi connectivity index (χ0n) is 21.3. The summed E-state index contributed by atoms with van der Waals surface area (Å²) in [7, 11) is 0. The van der Waals surface area contributed by atoms with Crippen LogP contribution in [0.2, 0.25) is 0 Å². The van der Waals surface area contributed by atoms with Gasteiger partial charge in [-0.15, -0.1) is 0 Å². The van der Waals surface area contributed by atoms with E-state index in [1.54, 1.807) is 12.1 Å². The predicted octanol–water partition coefficient (Wildman–Crippen LogP) is 5.33. The van der Waals surface area contributed by atoms with Crippen LogP contribution in [-0.4, -0.2) is 44.0 Å². The number of rotatable bonds is 8. The molecule has 2 amide bonds. The van der Waals surface area contributed by atoms with Gasteiger partial charge in [-0.25, -0.2) is 0 Å². The summed E-state index contributed by atoms with van der Waals surface area (Å²) in [5, 5.41) is 16.9. The minimum absolute atomic E-state index is 0.0512. The molecule has 1 aromatic carbocycles. The second-order valence-electron chi connectivity index (χ2n) is 9.57. The van der Waals surface area contributed by atoms with Crippen molar-refractivity contribution < 1.29 is 22.8 Å². The van der Waals surface area contributed by atoms with E-state index in [1.165, 1.54) is 16.9 Å². The summed E-state index contributed by atoms with van der Waals surface area (Å²) in [6, 6.07) is 8.05. The van der Waals surface area contributed by atoms with Crippen molar-refractivity contribution in [3.05, 3.63) is 65.8 Å². The van der Waals surface area contributed by atoms with Gasteiger partial charge >= 0.3 is 6.18 Å². The summed E-state index contributed by atoms with van der Waals surface area (Å²) >= 11 is 0. The van der Waals surface area contributed by atoms with Crippen LogP contribution in [0.25, 0.3) is 11.1 Å². The van der Waals surface area contributed by atoms with Crippen molar-refractivity contribution in [2.75, 3.05) is 5.32 Å². The topological polar surface area (TPSA) is 105 Å². The van der Waals surface area contributed by atoms with E-state index in [9.17, 15) is 22.8 Å². The number of benzene rings is 1. The third kappa shape index (κ3) is 6.70. The number of H-pyrrole nitrogens is 1. The second kappa shape index (κ2) is 11.7. The van der Waals surface area contributed by atoms with Crippen LogP contribution in [-0.2, 0) is 11.3 Å². The molecular weight excluding hydrogens is 497 g/mol. The van der Waals surface area contributed by atoms with Crippen molar-refractivity contribution in [1.29, 1.82) is 0 Å². The maximum atomic E-state index is 13.4. The highest BCUT2D eigenvalue weighted by Gasteiger charge is 2.32. The van der Waals surface area contributed by atoms with Gasteiger partial charge in [0.2, 0.25) is 5.91 Å². The van der Waals surface area contributed by atoms with Gasteiger partial charge in [0.25, 0.3) is 5.91 Å². The van der Waals surface area contributed by atoms with Crippen molar-refractivity contribution in [3.63, 3.8) is 0 Å². The smallest absolute Gasteiger partial charge is 0.339 e. The number of halogens is 3. The number of anilines is 1. The first-order valence-electron chi connectivity index (χ1n) is 12.6. The Morgan fingerprint density at radius 2 is 1.84 bits per heavy atom. The van der Waals surface area contributed by atoms with Crippen LogP contribution in [0.1, 0.15) is 54.0 Å². The highest BCUT2D eigenvalue weighted by molar-refractivity contribution is 6.00. The first-order valence-corrected chi connectivity index (χ1v) is 12.6. The van der Waals surface area contributed by atoms with Gasteiger partial charge in [0.05, 0.1) is 12.2 Å². The van der Waals surface area contributed by atoms with E-state index in [0.717, 1.165) is 60.7 Å². The predicted molar refractivity (Wildman–Crippen MR) is 137 cm³/mol. The van der Waals surface area contributed by atoms with Gasteiger partial charge < -0.3 is 10.6 Å². The molecular formula is C27H31F3N6O2. The SMILES string of the molecule is Cc1n[nH]c(C)c1-c1ccc(NC(=O)[C@@H](NC(=O)c2ccnn2C/C=C/C(F)(F)F)C2CCCCC2)cc1. The van der Waals surface area contributed by atoms with E-state index >= 15 is 0 Å². The number of hydrogen-bond donors (Lipinski definition) is 3. The number of allylic oxidation sites excluding steroid dienone is 2. The molecule has 8 nitrogen and oxygen atoms in total. The highest BCUT2D eigenvalue weighted by atomic mass is 19.4. The molecule has 2 aromatic heterocycles. The molecule has 0 spiro atoms. The fourth-order valence-electron chi connectivity index (χ4n) is 4.95. The number of carbonyl (C=O) groups is 2. The fraction of sp³-hybridized carbons (Fsp3) is 0.407.